The maximum atomic E-state index is 12.6. The maximum Gasteiger partial charge on any atom is 0.238 e. The van der Waals surface area contributed by atoms with Crippen LogP contribution in [-0.4, -0.2) is 74.6 Å². The van der Waals surface area contributed by atoms with Crippen molar-refractivity contribution in [1.82, 2.24) is 14.9 Å². The Hall–Kier alpha value is -1.62. The molecule has 0 spiro atoms. The summed E-state index contributed by atoms with van der Waals surface area (Å²) in [6.45, 7) is 3.25. The molecule has 10 heteroatoms. The number of para-hydroxylation sites is 1. The van der Waals surface area contributed by atoms with Gasteiger partial charge in [0, 0.05) is 24.8 Å². The number of carbonyl (C=O) groups excluding carboxylic acids is 2. The smallest absolute Gasteiger partial charge is 0.238 e. The molecule has 0 radical (unpaired) electrons. The van der Waals surface area contributed by atoms with Gasteiger partial charge in [0.15, 0.2) is 0 Å². The molecule has 0 bridgehead atoms. The van der Waals surface area contributed by atoms with Gasteiger partial charge in [-0.25, -0.2) is 13.1 Å². The van der Waals surface area contributed by atoms with Crippen molar-refractivity contribution in [3.8, 4) is 0 Å². The molecule has 2 rings (SSSR count). The number of piperidine rings is 1. The van der Waals surface area contributed by atoms with Crippen LogP contribution < -0.4 is 15.4 Å². The molecule has 168 valence electrons. The van der Waals surface area contributed by atoms with Crippen molar-refractivity contribution < 1.29 is 18.0 Å². The molecule has 1 heterocycles. The minimum absolute atomic E-state index is 0.0196. The molecule has 30 heavy (non-hydrogen) atoms. The summed E-state index contributed by atoms with van der Waals surface area (Å²) in [6.07, 6.45) is 3.82. The Kier molecular flexibility index (Phi) is 10.1. The number of hydrogen-bond acceptors (Lipinski definition) is 6. The van der Waals surface area contributed by atoms with E-state index in [0.29, 0.717) is 31.8 Å². The summed E-state index contributed by atoms with van der Waals surface area (Å²) < 4.78 is 26.3. The number of rotatable bonds is 11. The number of likely N-dealkylation sites (tertiary alicyclic amines) is 1. The standard InChI is InChI=1S/C20H32N4O4S2/c1-3-30(27,28)23-18(11-14-29-2)20(26)22-17-9-12-24(13-10-17)15-19(25)21-16-7-5-4-6-8-16/h4-8,17-18,23H,3,9-15H2,1-2H3,(H,21,25)(H,22,26). The molecule has 1 aromatic rings. The third-order valence-electron chi connectivity index (χ3n) is 4.99. The van der Waals surface area contributed by atoms with Crippen LogP contribution in [0.3, 0.4) is 0 Å². The van der Waals surface area contributed by atoms with Gasteiger partial charge in [0.1, 0.15) is 6.04 Å². The molecule has 1 unspecified atom stereocenters. The number of hydrogen-bond donors (Lipinski definition) is 3. The Balaban J connectivity index is 1.79. The molecule has 0 aliphatic carbocycles. The van der Waals surface area contributed by atoms with Crippen LogP contribution in [0, 0.1) is 0 Å². The Labute approximate surface area is 183 Å². The average Bonchev–Trinajstić information content (AvgIpc) is 2.73. The Morgan fingerprint density at radius 2 is 1.87 bits per heavy atom. The van der Waals surface area contributed by atoms with Crippen LogP contribution in [0.1, 0.15) is 26.2 Å². The number of amides is 2. The van der Waals surface area contributed by atoms with Crippen LogP contribution >= 0.6 is 11.8 Å². The molecule has 0 saturated carbocycles. The quantitative estimate of drug-likeness (QED) is 0.463. The maximum absolute atomic E-state index is 12.6. The summed E-state index contributed by atoms with van der Waals surface area (Å²) in [6, 6.07) is 8.56. The van der Waals surface area contributed by atoms with E-state index in [0.717, 1.165) is 18.5 Å². The molecular formula is C20H32N4O4S2. The predicted octanol–water partition coefficient (Wildman–Crippen LogP) is 1.27. The average molecular weight is 457 g/mol. The Morgan fingerprint density at radius 1 is 1.20 bits per heavy atom. The zero-order chi connectivity index (χ0) is 22.0. The van der Waals surface area contributed by atoms with Crippen molar-refractivity contribution in [2.24, 2.45) is 0 Å². The van der Waals surface area contributed by atoms with Gasteiger partial charge in [-0.05, 0) is 50.3 Å². The second kappa shape index (κ2) is 12.3. The fraction of sp³-hybridized carbons (Fsp3) is 0.600. The van der Waals surface area contributed by atoms with E-state index in [1.165, 1.54) is 0 Å². The first-order valence-electron chi connectivity index (χ1n) is 10.2. The van der Waals surface area contributed by atoms with Crippen LogP contribution in [-0.2, 0) is 19.6 Å². The highest BCUT2D eigenvalue weighted by Gasteiger charge is 2.27. The van der Waals surface area contributed by atoms with Crippen LogP contribution in [0.5, 0.6) is 0 Å². The number of nitrogens with one attached hydrogen (secondary N) is 3. The molecule has 1 aliphatic rings. The highest BCUT2D eigenvalue weighted by atomic mass is 32.2. The minimum Gasteiger partial charge on any atom is -0.352 e. The molecule has 1 fully saturated rings. The SMILES string of the molecule is CCS(=O)(=O)NC(CCSC)C(=O)NC1CCN(CC(=O)Nc2ccccc2)CC1. The molecule has 8 nitrogen and oxygen atoms in total. The topological polar surface area (TPSA) is 108 Å². The predicted molar refractivity (Wildman–Crippen MR) is 122 cm³/mol. The zero-order valence-electron chi connectivity index (χ0n) is 17.6. The molecule has 0 aromatic heterocycles. The van der Waals surface area contributed by atoms with Crippen molar-refractivity contribution in [1.29, 1.82) is 0 Å². The van der Waals surface area contributed by atoms with Gasteiger partial charge in [0.05, 0.1) is 12.3 Å². The number of sulfonamides is 1. The van der Waals surface area contributed by atoms with Gasteiger partial charge < -0.3 is 10.6 Å². The number of benzene rings is 1. The van der Waals surface area contributed by atoms with E-state index in [2.05, 4.69) is 20.3 Å². The first kappa shape index (κ1) is 24.6. The Morgan fingerprint density at radius 3 is 2.47 bits per heavy atom. The van der Waals surface area contributed by atoms with Crippen molar-refractivity contribution in [3.63, 3.8) is 0 Å². The van der Waals surface area contributed by atoms with Gasteiger partial charge in [-0.3, -0.25) is 14.5 Å². The van der Waals surface area contributed by atoms with Gasteiger partial charge in [-0.15, -0.1) is 0 Å². The lowest BCUT2D eigenvalue weighted by Crippen LogP contribution is -2.53. The summed E-state index contributed by atoms with van der Waals surface area (Å²) in [5.74, 6) is 0.301. The van der Waals surface area contributed by atoms with E-state index in [1.54, 1.807) is 18.7 Å². The van der Waals surface area contributed by atoms with Crippen molar-refractivity contribution in [3.05, 3.63) is 30.3 Å². The molecule has 1 atom stereocenters. The van der Waals surface area contributed by atoms with E-state index < -0.39 is 16.1 Å². The van der Waals surface area contributed by atoms with Crippen LogP contribution in [0.25, 0.3) is 0 Å². The fourth-order valence-electron chi connectivity index (χ4n) is 3.24. The van der Waals surface area contributed by atoms with Gasteiger partial charge >= 0.3 is 0 Å². The highest BCUT2D eigenvalue weighted by molar-refractivity contribution is 7.98. The third kappa shape index (κ3) is 8.63. The lowest BCUT2D eigenvalue weighted by atomic mass is 10.0. The normalized spacial score (nSPS) is 16.7. The lowest BCUT2D eigenvalue weighted by molar-refractivity contribution is -0.124. The van der Waals surface area contributed by atoms with E-state index in [9.17, 15) is 18.0 Å². The van der Waals surface area contributed by atoms with Gasteiger partial charge in [0.25, 0.3) is 0 Å². The van der Waals surface area contributed by atoms with Crippen LogP contribution in [0.2, 0.25) is 0 Å². The largest absolute Gasteiger partial charge is 0.352 e. The molecule has 3 N–H and O–H groups in total. The second-order valence-corrected chi connectivity index (χ2v) is 10.4. The van der Waals surface area contributed by atoms with Gasteiger partial charge in [-0.2, -0.15) is 11.8 Å². The second-order valence-electron chi connectivity index (χ2n) is 7.33. The molecular weight excluding hydrogens is 424 g/mol. The Bertz CT molecular complexity index is 781. The van der Waals surface area contributed by atoms with Gasteiger partial charge in [-0.1, -0.05) is 18.2 Å². The molecule has 1 aliphatic heterocycles. The number of anilines is 1. The summed E-state index contributed by atoms with van der Waals surface area (Å²) in [7, 11) is -3.46. The van der Waals surface area contributed by atoms with Crippen molar-refractivity contribution in [2.45, 2.75) is 38.3 Å². The first-order valence-corrected chi connectivity index (χ1v) is 13.2. The van der Waals surface area contributed by atoms with E-state index in [1.807, 2.05) is 36.6 Å². The lowest BCUT2D eigenvalue weighted by Gasteiger charge is -2.32. The van der Waals surface area contributed by atoms with E-state index in [4.69, 9.17) is 0 Å². The zero-order valence-corrected chi connectivity index (χ0v) is 19.2. The first-order chi connectivity index (χ1) is 14.3. The number of nitrogens with zero attached hydrogens (tertiary/aromatic N) is 1. The van der Waals surface area contributed by atoms with E-state index >= 15 is 0 Å². The summed E-state index contributed by atoms with van der Waals surface area (Å²) in [5, 5.41) is 5.86. The number of carbonyl (C=O) groups is 2. The summed E-state index contributed by atoms with van der Waals surface area (Å²) in [4.78, 5) is 26.9. The highest BCUT2D eigenvalue weighted by Crippen LogP contribution is 2.12. The van der Waals surface area contributed by atoms with Crippen LogP contribution in [0.15, 0.2) is 30.3 Å². The van der Waals surface area contributed by atoms with Crippen LogP contribution in [0.4, 0.5) is 5.69 Å². The minimum atomic E-state index is -3.46. The summed E-state index contributed by atoms with van der Waals surface area (Å²) in [5.41, 5.74) is 0.774. The van der Waals surface area contributed by atoms with E-state index in [-0.39, 0.29) is 23.6 Å². The van der Waals surface area contributed by atoms with Crippen molar-refractivity contribution >= 4 is 39.3 Å². The fourth-order valence-corrected chi connectivity index (χ4v) is 4.54. The molecule has 2 amide bonds. The van der Waals surface area contributed by atoms with Crippen molar-refractivity contribution in [2.75, 3.05) is 42.7 Å². The molecule has 1 aromatic carbocycles. The van der Waals surface area contributed by atoms with Gasteiger partial charge in [0.2, 0.25) is 21.8 Å². The summed E-state index contributed by atoms with van der Waals surface area (Å²) >= 11 is 1.57. The number of thioether (sulfide) groups is 1. The molecule has 1 saturated heterocycles. The third-order valence-corrected chi connectivity index (χ3v) is 7.04. The monoisotopic (exact) mass is 456 g/mol.